The maximum absolute atomic E-state index is 12.1. The van der Waals surface area contributed by atoms with E-state index in [1.54, 1.807) is 0 Å². The van der Waals surface area contributed by atoms with Crippen LogP contribution in [0.25, 0.3) is 0 Å². The molecule has 0 aromatic heterocycles. The van der Waals surface area contributed by atoms with E-state index in [9.17, 15) is 4.79 Å². The van der Waals surface area contributed by atoms with Crippen LogP contribution in [-0.2, 0) is 21.4 Å². The van der Waals surface area contributed by atoms with E-state index in [0.717, 1.165) is 31.1 Å². The summed E-state index contributed by atoms with van der Waals surface area (Å²) in [5.74, 6) is 2.21. The molecular formula is C26H37NO3. The Labute approximate surface area is 181 Å². The summed E-state index contributed by atoms with van der Waals surface area (Å²) in [5.41, 5.74) is 3.34. The minimum Gasteiger partial charge on any atom is -0.457 e. The van der Waals surface area contributed by atoms with Crippen LogP contribution in [0.1, 0.15) is 88.2 Å². The molecule has 1 aliphatic heterocycles. The number of hydrogen-bond donors (Lipinski definition) is 1. The maximum atomic E-state index is 12.1. The second-order valence-electron chi connectivity index (χ2n) is 10.2. The zero-order valence-corrected chi connectivity index (χ0v) is 18.3. The number of piperidine rings is 1. The number of nitrogens with one attached hydrogen (secondary N) is 1. The molecule has 0 radical (unpaired) electrons. The third-order valence-corrected chi connectivity index (χ3v) is 8.55. The Bertz CT molecular complexity index is 753. The van der Waals surface area contributed by atoms with Crippen LogP contribution in [0.3, 0.4) is 0 Å². The van der Waals surface area contributed by atoms with Gasteiger partial charge in [-0.05, 0) is 73.7 Å². The molecule has 0 unspecified atom stereocenters. The Hall–Kier alpha value is -1.55. The van der Waals surface area contributed by atoms with E-state index in [1.165, 1.54) is 75.3 Å². The largest absolute Gasteiger partial charge is 0.457 e. The van der Waals surface area contributed by atoms with E-state index in [1.807, 2.05) is 0 Å². The Balaban J connectivity index is 1.18. The van der Waals surface area contributed by atoms with Crippen LogP contribution in [0.15, 0.2) is 18.2 Å². The number of hydrogen-bond acceptors (Lipinski definition) is 4. The molecule has 3 atom stereocenters. The van der Waals surface area contributed by atoms with Crippen molar-refractivity contribution in [2.45, 2.75) is 94.9 Å². The molecule has 4 heteroatoms. The van der Waals surface area contributed by atoms with E-state index in [2.05, 4.69) is 23.5 Å². The Morgan fingerprint density at radius 1 is 1.07 bits per heavy atom. The number of rotatable bonds is 6. The first-order chi connectivity index (χ1) is 14.7. The SMILES string of the molecule is O=C(CCC1CCCCC1)OCOc1ccc2c(c1)[C@]13CCCC[C@@H]1[C@@H](C2)NCC3. The normalized spacial score (nSPS) is 30.8. The van der Waals surface area contributed by atoms with Crippen molar-refractivity contribution in [2.24, 2.45) is 11.8 Å². The molecule has 30 heavy (non-hydrogen) atoms. The molecule has 2 bridgehead atoms. The first kappa shape index (κ1) is 20.4. The van der Waals surface area contributed by atoms with Crippen molar-refractivity contribution < 1.29 is 14.3 Å². The monoisotopic (exact) mass is 411 g/mol. The minimum absolute atomic E-state index is 0.0307. The van der Waals surface area contributed by atoms with Crippen molar-refractivity contribution in [1.29, 1.82) is 0 Å². The zero-order valence-electron chi connectivity index (χ0n) is 18.3. The summed E-state index contributed by atoms with van der Waals surface area (Å²) in [7, 11) is 0. The molecule has 1 aromatic rings. The van der Waals surface area contributed by atoms with Gasteiger partial charge in [0.1, 0.15) is 5.75 Å². The number of ether oxygens (including phenoxy) is 2. The van der Waals surface area contributed by atoms with Gasteiger partial charge in [0.2, 0.25) is 6.79 Å². The summed E-state index contributed by atoms with van der Waals surface area (Å²) >= 11 is 0. The molecular weight excluding hydrogens is 374 g/mol. The van der Waals surface area contributed by atoms with Crippen LogP contribution in [0.5, 0.6) is 5.75 Å². The van der Waals surface area contributed by atoms with Gasteiger partial charge >= 0.3 is 5.97 Å². The van der Waals surface area contributed by atoms with E-state index >= 15 is 0 Å². The van der Waals surface area contributed by atoms with E-state index < -0.39 is 0 Å². The summed E-state index contributed by atoms with van der Waals surface area (Å²) in [4.78, 5) is 12.1. The highest BCUT2D eigenvalue weighted by Gasteiger charge is 2.51. The number of carbonyl (C=O) groups is 1. The van der Waals surface area contributed by atoms with Crippen molar-refractivity contribution in [3.63, 3.8) is 0 Å². The Morgan fingerprint density at radius 2 is 1.93 bits per heavy atom. The predicted molar refractivity (Wildman–Crippen MR) is 118 cm³/mol. The van der Waals surface area contributed by atoms with Gasteiger partial charge in [0.05, 0.1) is 0 Å². The third-order valence-electron chi connectivity index (χ3n) is 8.55. The third kappa shape index (κ3) is 4.00. The van der Waals surface area contributed by atoms with Crippen molar-refractivity contribution in [1.82, 2.24) is 5.32 Å². The zero-order chi connectivity index (χ0) is 20.4. The summed E-state index contributed by atoms with van der Waals surface area (Å²) in [6.07, 6.45) is 15.8. The lowest BCUT2D eigenvalue weighted by Crippen LogP contribution is -2.59. The van der Waals surface area contributed by atoms with Crippen LogP contribution in [0.2, 0.25) is 0 Å². The highest BCUT2D eigenvalue weighted by molar-refractivity contribution is 5.69. The standard InChI is InChI=1S/C26H37NO3/c28-25(12-9-19-6-2-1-3-7-19)30-18-29-21-11-10-20-16-24-22-8-4-5-13-26(22,14-15-27-24)23(20)17-21/h10-11,17,19,22,24,27H,1-9,12-16,18H2/t22-,24-,26+/m1/s1. The fourth-order valence-electron chi connectivity index (χ4n) is 7.03. The summed E-state index contributed by atoms with van der Waals surface area (Å²) in [6.45, 7) is 1.16. The molecule has 4 nitrogen and oxygen atoms in total. The van der Waals surface area contributed by atoms with Crippen LogP contribution in [0.4, 0.5) is 0 Å². The van der Waals surface area contributed by atoms with Crippen LogP contribution in [-0.4, -0.2) is 25.3 Å². The Kier molecular flexibility index (Phi) is 6.04. The van der Waals surface area contributed by atoms with Crippen molar-refractivity contribution >= 4 is 5.97 Å². The molecule has 5 rings (SSSR count). The number of fused-ring (bicyclic) bond motifs is 1. The lowest BCUT2D eigenvalue weighted by molar-refractivity contribution is -0.150. The van der Waals surface area contributed by atoms with Gasteiger partial charge in [0.25, 0.3) is 0 Å². The first-order valence-corrected chi connectivity index (χ1v) is 12.4. The molecule has 0 spiro atoms. The lowest BCUT2D eigenvalue weighted by atomic mass is 9.53. The van der Waals surface area contributed by atoms with Crippen LogP contribution in [0, 0.1) is 11.8 Å². The molecule has 164 valence electrons. The molecule has 1 aromatic carbocycles. The molecule has 2 saturated carbocycles. The van der Waals surface area contributed by atoms with Gasteiger partial charge in [-0.25, -0.2) is 0 Å². The number of benzene rings is 1. The average Bonchev–Trinajstić information content (AvgIpc) is 2.79. The van der Waals surface area contributed by atoms with Gasteiger partial charge in [-0.1, -0.05) is 51.0 Å². The van der Waals surface area contributed by atoms with E-state index in [4.69, 9.17) is 9.47 Å². The maximum Gasteiger partial charge on any atom is 0.308 e. The quantitative estimate of drug-likeness (QED) is 0.511. The minimum atomic E-state index is -0.120. The van der Waals surface area contributed by atoms with Crippen molar-refractivity contribution in [3.05, 3.63) is 29.3 Å². The fourth-order valence-corrected chi connectivity index (χ4v) is 7.03. The Morgan fingerprint density at radius 3 is 2.83 bits per heavy atom. The van der Waals surface area contributed by atoms with Gasteiger partial charge in [-0.3, -0.25) is 4.79 Å². The first-order valence-electron chi connectivity index (χ1n) is 12.4. The van der Waals surface area contributed by atoms with E-state index in [0.29, 0.717) is 23.8 Å². The van der Waals surface area contributed by atoms with E-state index in [-0.39, 0.29) is 12.8 Å². The molecule has 3 fully saturated rings. The van der Waals surface area contributed by atoms with Crippen molar-refractivity contribution in [2.75, 3.05) is 13.3 Å². The smallest absolute Gasteiger partial charge is 0.308 e. The highest BCUT2D eigenvalue weighted by Crippen LogP contribution is 2.54. The molecule has 3 aliphatic carbocycles. The summed E-state index contributed by atoms with van der Waals surface area (Å²) < 4.78 is 11.3. The topological polar surface area (TPSA) is 47.6 Å². The fraction of sp³-hybridized carbons (Fsp3) is 0.731. The van der Waals surface area contributed by atoms with Gasteiger partial charge in [-0.15, -0.1) is 0 Å². The predicted octanol–water partition coefficient (Wildman–Crippen LogP) is 5.27. The van der Waals surface area contributed by atoms with Crippen molar-refractivity contribution in [3.8, 4) is 5.75 Å². The molecule has 0 amide bonds. The molecule has 4 aliphatic rings. The van der Waals surface area contributed by atoms with Gasteiger partial charge in [-0.2, -0.15) is 0 Å². The summed E-state index contributed by atoms with van der Waals surface area (Å²) in [6, 6.07) is 7.22. The average molecular weight is 412 g/mol. The highest BCUT2D eigenvalue weighted by atomic mass is 16.7. The number of esters is 1. The second-order valence-corrected chi connectivity index (χ2v) is 10.2. The lowest BCUT2D eigenvalue weighted by Gasteiger charge is -2.56. The van der Waals surface area contributed by atoms with Crippen LogP contribution >= 0.6 is 0 Å². The van der Waals surface area contributed by atoms with Gasteiger partial charge in [0, 0.05) is 17.9 Å². The molecule has 1 saturated heterocycles. The second kappa shape index (κ2) is 8.90. The van der Waals surface area contributed by atoms with Gasteiger partial charge in [0.15, 0.2) is 0 Å². The summed E-state index contributed by atoms with van der Waals surface area (Å²) in [5, 5.41) is 3.79. The number of carbonyl (C=O) groups excluding carboxylic acids is 1. The molecule has 1 N–H and O–H groups in total. The van der Waals surface area contributed by atoms with Crippen LogP contribution < -0.4 is 10.1 Å². The van der Waals surface area contributed by atoms with Gasteiger partial charge < -0.3 is 14.8 Å². The molecule has 1 heterocycles.